The molecule has 9 nitrogen and oxygen atoms in total. The predicted octanol–water partition coefficient (Wildman–Crippen LogP) is 2.47. The number of nitrogens with one attached hydrogen (secondary N) is 1. The van der Waals surface area contributed by atoms with Crippen LogP contribution in [-0.4, -0.2) is 35.9 Å². The van der Waals surface area contributed by atoms with E-state index >= 15 is 0 Å². The summed E-state index contributed by atoms with van der Waals surface area (Å²) >= 11 is 6.47. The van der Waals surface area contributed by atoms with Crippen molar-refractivity contribution in [3.63, 3.8) is 0 Å². The highest BCUT2D eigenvalue weighted by atomic mass is 35.5. The van der Waals surface area contributed by atoms with Gasteiger partial charge >= 0.3 is 0 Å². The fourth-order valence-corrected chi connectivity index (χ4v) is 3.21. The second-order valence-corrected chi connectivity index (χ2v) is 6.24. The molecule has 0 saturated heterocycles. The third kappa shape index (κ3) is 3.92. The lowest BCUT2D eigenvalue weighted by Gasteiger charge is -2.18. The first-order valence-corrected chi connectivity index (χ1v) is 9.24. The lowest BCUT2D eigenvalue weighted by atomic mass is 9.92. The Bertz CT molecular complexity index is 830. The molecule has 0 aliphatic heterocycles. The van der Waals surface area contributed by atoms with Gasteiger partial charge in [-0.1, -0.05) is 37.0 Å². The average molecular weight is 382 g/mol. The van der Waals surface area contributed by atoms with Gasteiger partial charge in [-0.25, -0.2) is 9.36 Å². The van der Waals surface area contributed by atoms with Gasteiger partial charge < -0.3 is 0 Å². The Morgan fingerprint density at radius 3 is 2.46 bits per heavy atom. The fourth-order valence-electron chi connectivity index (χ4n) is 2.85. The molecule has 2 aromatic heterocycles. The fraction of sp³-hybridized carbons (Fsp3) is 0.625. The van der Waals surface area contributed by atoms with Gasteiger partial charge in [0.1, 0.15) is 0 Å². The molecule has 2 heterocycles. The minimum atomic E-state index is -0.547. The number of hydrogen-bond donors (Lipinski definition) is 1. The largest absolute Gasteiger partial charge is 0.288 e. The van der Waals surface area contributed by atoms with Crippen LogP contribution in [0.2, 0.25) is 5.02 Å². The van der Waals surface area contributed by atoms with Crippen LogP contribution in [0, 0.1) is 0 Å². The smallest absolute Gasteiger partial charge is 0.280 e. The summed E-state index contributed by atoms with van der Waals surface area (Å²) in [5.41, 5.74) is 0.212. The number of hydrogen-bond acceptors (Lipinski definition) is 6. The van der Waals surface area contributed by atoms with E-state index in [9.17, 15) is 9.59 Å². The normalized spacial score (nSPS) is 12.2. The van der Waals surface area contributed by atoms with E-state index in [4.69, 9.17) is 11.6 Å². The van der Waals surface area contributed by atoms with Crippen molar-refractivity contribution in [1.29, 1.82) is 0 Å². The number of nitrogens with zero attached hydrogens (tertiary/aromatic N) is 6. The first-order chi connectivity index (χ1) is 12.5. The van der Waals surface area contributed by atoms with Gasteiger partial charge in [0.15, 0.2) is 5.69 Å². The third-order valence-corrected chi connectivity index (χ3v) is 4.62. The van der Waals surface area contributed by atoms with Crippen LogP contribution in [0.25, 0.3) is 0 Å². The molecule has 1 unspecified atom stereocenters. The van der Waals surface area contributed by atoms with E-state index in [1.807, 2.05) is 20.8 Å². The van der Waals surface area contributed by atoms with Crippen LogP contribution in [0.4, 0.5) is 5.95 Å². The van der Waals surface area contributed by atoms with Crippen LogP contribution >= 0.6 is 11.6 Å². The maximum absolute atomic E-state index is 12.7. The summed E-state index contributed by atoms with van der Waals surface area (Å²) in [7, 11) is 0. The first-order valence-electron chi connectivity index (χ1n) is 8.86. The van der Waals surface area contributed by atoms with Crippen LogP contribution < -0.4 is 10.9 Å². The average Bonchev–Trinajstić information content (AvgIpc) is 3.08. The van der Waals surface area contributed by atoms with E-state index in [2.05, 4.69) is 25.9 Å². The molecule has 26 heavy (non-hydrogen) atoms. The van der Waals surface area contributed by atoms with Gasteiger partial charge in [-0.15, -0.1) is 0 Å². The molecule has 0 aromatic carbocycles. The Morgan fingerprint density at radius 1 is 1.19 bits per heavy atom. The van der Waals surface area contributed by atoms with Crippen molar-refractivity contribution in [3.8, 4) is 0 Å². The van der Waals surface area contributed by atoms with Crippen molar-refractivity contribution < 1.29 is 4.79 Å². The molecule has 142 valence electrons. The molecule has 0 fully saturated rings. The van der Waals surface area contributed by atoms with Gasteiger partial charge in [0.05, 0.1) is 5.02 Å². The zero-order chi connectivity index (χ0) is 19.3. The van der Waals surface area contributed by atoms with Crippen LogP contribution in [0.1, 0.15) is 68.9 Å². The second kappa shape index (κ2) is 8.88. The number of amides is 1. The molecule has 1 amide bonds. The van der Waals surface area contributed by atoms with E-state index in [1.165, 1.54) is 9.36 Å². The standard InChI is InChI=1S/C16H24ClN7O2/c1-5-9-10(6-2)11-12(17)13(20-23(7-3)15(11)26)14(25)18-16-19-21-22-24(16)8-4/h10H,5-9H2,1-4H3,(H,18,19,22,25). The number of tetrazole rings is 1. The van der Waals surface area contributed by atoms with Crippen LogP contribution in [-0.2, 0) is 13.1 Å². The lowest BCUT2D eigenvalue weighted by Crippen LogP contribution is -2.31. The summed E-state index contributed by atoms with van der Waals surface area (Å²) in [5.74, 6) is -0.366. The third-order valence-electron chi connectivity index (χ3n) is 4.24. The highest BCUT2D eigenvalue weighted by molar-refractivity contribution is 6.34. The van der Waals surface area contributed by atoms with E-state index in [0.29, 0.717) is 18.7 Å². The van der Waals surface area contributed by atoms with Gasteiger partial charge in [0, 0.05) is 18.7 Å². The van der Waals surface area contributed by atoms with Crippen molar-refractivity contribution in [1.82, 2.24) is 30.0 Å². The molecular formula is C16H24ClN7O2. The number of halogens is 1. The molecular weight excluding hydrogens is 358 g/mol. The maximum Gasteiger partial charge on any atom is 0.280 e. The molecule has 0 radical (unpaired) electrons. The molecule has 0 aliphatic rings. The topological polar surface area (TPSA) is 108 Å². The number of carbonyl (C=O) groups is 1. The summed E-state index contributed by atoms with van der Waals surface area (Å²) in [4.78, 5) is 25.5. The number of rotatable bonds is 8. The Kier molecular flexibility index (Phi) is 6.84. The molecule has 2 aromatic rings. The Balaban J connectivity index is 2.51. The lowest BCUT2D eigenvalue weighted by molar-refractivity contribution is 0.101. The highest BCUT2D eigenvalue weighted by Crippen LogP contribution is 2.29. The zero-order valence-electron chi connectivity index (χ0n) is 15.5. The van der Waals surface area contributed by atoms with Crippen molar-refractivity contribution >= 4 is 23.5 Å². The quantitative estimate of drug-likeness (QED) is 0.752. The predicted molar refractivity (Wildman–Crippen MR) is 98.6 cm³/mol. The van der Waals surface area contributed by atoms with E-state index in [1.54, 1.807) is 6.92 Å². The van der Waals surface area contributed by atoms with Gasteiger partial charge in [-0.3, -0.25) is 14.9 Å². The van der Waals surface area contributed by atoms with Crippen molar-refractivity contribution in [3.05, 3.63) is 26.6 Å². The number of aryl methyl sites for hydroxylation is 2. The SMILES string of the molecule is CCCC(CC)c1c(Cl)c(C(=O)Nc2nnnn2CC)nn(CC)c1=O. The molecule has 1 atom stereocenters. The Labute approximate surface area is 156 Å². The van der Waals surface area contributed by atoms with Gasteiger partial charge in [0.25, 0.3) is 11.5 Å². The molecule has 2 rings (SSSR count). The second-order valence-electron chi connectivity index (χ2n) is 5.86. The monoisotopic (exact) mass is 381 g/mol. The van der Waals surface area contributed by atoms with E-state index in [-0.39, 0.29) is 28.1 Å². The van der Waals surface area contributed by atoms with Gasteiger partial charge in [-0.2, -0.15) is 5.10 Å². The summed E-state index contributed by atoms with van der Waals surface area (Å²) in [6, 6.07) is 0. The number of carbonyl (C=O) groups excluding carboxylic acids is 1. The molecule has 0 bridgehead atoms. The van der Waals surface area contributed by atoms with E-state index in [0.717, 1.165) is 19.3 Å². The Morgan fingerprint density at radius 2 is 1.88 bits per heavy atom. The summed E-state index contributed by atoms with van der Waals surface area (Å²) in [6.45, 7) is 8.54. The van der Waals surface area contributed by atoms with Crippen molar-refractivity contribution in [2.24, 2.45) is 0 Å². The van der Waals surface area contributed by atoms with Crippen LogP contribution in [0.3, 0.4) is 0 Å². The van der Waals surface area contributed by atoms with Crippen LogP contribution in [0.5, 0.6) is 0 Å². The maximum atomic E-state index is 12.7. The Hall–Kier alpha value is -2.29. The van der Waals surface area contributed by atoms with Crippen LogP contribution in [0.15, 0.2) is 4.79 Å². The van der Waals surface area contributed by atoms with Crippen molar-refractivity contribution in [2.75, 3.05) is 5.32 Å². The molecule has 0 spiro atoms. The van der Waals surface area contributed by atoms with Gasteiger partial charge in [-0.05, 0) is 43.0 Å². The highest BCUT2D eigenvalue weighted by Gasteiger charge is 2.26. The molecule has 10 heteroatoms. The minimum absolute atomic E-state index is 0.00308. The molecule has 0 saturated carbocycles. The summed E-state index contributed by atoms with van der Waals surface area (Å²) < 4.78 is 2.71. The number of aromatic nitrogens is 6. The van der Waals surface area contributed by atoms with Crippen molar-refractivity contribution in [2.45, 2.75) is 66.0 Å². The molecule has 0 aliphatic carbocycles. The number of anilines is 1. The molecule has 1 N–H and O–H groups in total. The zero-order valence-corrected chi connectivity index (χ0v) is 16.2. The van der Waals surface area contributed by atoms with Gasteiger partial charge in [0.2, 0.25) is 5.95 Å². The first kappa shape index (κ1) is 20.0. The summed E-state index contributed by atoms with van der Waals surface area (Å²) in [6.07, 6.45) is 2.48. The minimum Gasteiger partial charge on any atom is -0.288 e. The summed E-state index contributed by atoms with van der Waals surface area (Å²) in [5, 5.41) is 17.9. The van der Waals surface area contributed by atoms with E-state index < -0.39 is 5.91 Å².